The summed E-state index contributed by atoms with van der Waals surface area (Å²) < 4.78 is 34.9. The SMILES string of the molecule is O=C(O)CC(c1cccnc1)N1CC(S(=O)(=O)F)CC1=O. The summed E-state index contributed by atoms with van der Waals surface area (Å²) >= 11 is 0. The Morgan fingerprint density at radius 3 is 2.76 bits per heavy atom. The second kappa shape index (κ2) is 5.76. The quantitative estimate of drug-likeness (QED) is 0.793. The number of carbonyl (C=O) groups excluding carboxylic acids is 1. The summed E-state index contributed by atoms with van der Waals surface area (Å²) in [6.07, 6.45) is 2.01. The van der Waals surface area contributed by atoms with Crippen molar-refractivity contribution in [2.75, 3.05) is 6.54 Å². The van der Waals surface area contributed by atoms with E-state index in [4.69, 9.17) is 5.11 Å². The van der Waals surface area contributed by atoms with Crippen molar-refractivity contribution < 1.29 is 27.0 Å². The van der Waals surface area contributed by atoms with Gasteiger partial charge in [0.15, 0.2) is 0 Å². The van der Waals surface area contributed by atoms with E-state index in [-0.39, 0.29) is 6.54 Å². The summed E-state index contributed by atoms with van der Waals surface area (Å²) in [5, 5.41) is 7.52. The van der Waals surface area contributed by atoms with Crippen molar-refractivity contribution in [2.24, 2.45) is 0 Å². The first-order chi connectivity index (χ1) is 9.79. The minimum absolute atomic E-state index is 0.357. The minimum Gasteiger partial charge on any atom is -0.481 e. The number of amides is 1. The number of pyridine rings is 1. The third-order valence-corrected chi connectivity index (χ3v) is 4.45. The second-order valence-corrected chi connectivity index (χ2v) is 6.37. The van der Waals surface area contributed by atoms with Crippen LogP contribution in [-0.2, 0) is 19.8 Å². The molecule has 0 aliphatic carbocycles. The molecule has 1 fully saturated rings. The fourth-order valence-electron chi connectivity index (χ4n) is 2.33. The summed E-state index contributed by atoms with van der Waals surface area (Å²) in [7, 11) is -4.84. The fourth-order valence-corrected chi connectivity index (χ4v) is 3.01. The third-order valence-electron chi connectivity index (χ3n) is 3.33. The second-order valence-electron chi connectivity index (χ2n) is 4.75. The number of hydrogen-bond donors (Lipinski definition) is 1. The number of rotatable bonds is 5. The van der Waals surface area contributed by atoms with E-state index in [2.05, 4.69) is 4.98 Å². The molecule has 1 N–H and O–H groups in total. The van der Waals surface area contributed by atoms with E-state index in [0.717, 1.165) is 4.90 Å². The molecule has 9 heteroatoms. The molecular weight excluding hydrogens is 303 g/mol. The van der Waals surface area contributed by atoms with Crippen LogP contribution < -0.4 is 0 Å². The summed E-state index contributed by atoms with van der Waals surface area (Å²) in [5.74, 6) is -1.74. The molecule has 1 amide bonds. The standard InChI is InChI=1S/C12H13FN2O5S/c13-21(19,20)9-4-11(16)15(7-9)10(5-12(17)18)8-2-1-3-14-6-8/h1-3,6,9-10H,4-5,7H2,(H,17,18). The van der Waals surface area contributed by atoms with Gasteiger partial charge < -0.3 is 10.0 Å². The van der Waals surface area contributed by atoms with Gasteiger partial charge in [0.25, 0.3) is 0 Å². The van der Waals surface area contributed by atoms with Crippen molar-refractivity contribution in [2.45, 2.75) is 24.1 Å². The molecule has 2 atom stereocenters. The summed E-state index contributed by atoms with van der Waals surface area (Å²) in [6, 6.07) is 2.30. The van der Waals surface area contributed by atoms with Gasteiger partial charge in [0, 0.05) is 25.4 Å². The van der Waals surface area contributed by atoms with Gasteiger partial charge >= 0.3 is 16.2 Å². The lowest BCUT2D eigenvalue weighted by molar-refractivity contribution is -0.139. The maximum atomic E-state index is 13.0. The molecule has 21 heavy (non-hydrogen) atoms. The monoisotopic (exact) mass is 316 g/mol. The number of aromatic nitrogens is 1. The van der Waals surface area contributed by atoms with Gasteiger partial charge in [-0.15, -0.1) is 3.89 Å². The van der Waals surface area contributed by atoms with Gasteiger partial charge in [-0.3, -0.25) is 14.6 Å². The third kappa shape index (κ3) is 3.54. The number of carbonyl (C=O) groups is 2. The molecule has 0 aromatic carbocycles. The molecule has 0 radical (unpaired) electrons. The zero-order valence-corrected chi connectivity index (χ0v) is 11.7. The van der Waals surface area contributed by atoms with Crippen LogP contribution in [0.4, 0.5) is 3.89 Å². The molecule has 2 heterocycles. The Labute approximate surface area is 120 Å². The average molecular weight is 316 g/mol. The molecule has 2 rings (SSSR count). The fraction of sp³-hybridized carbons (Fsp3) is 0.417. The summed E-state index contributed by atoms with van der Waals surface area (Å²) in [5.41, 5.74) is 0.463. The molecule has 7 nitrogen and oxygen atoms in total. The molecular formula is C12H13FN2O5S. The highest BCUT2D eigenvalue weighted by molar-refractivity contribution is 7.87. The molecule has 1 aromatic heterocycles. The van der Waals surface area contributed by atoms with Crippen LogP contribution in [0.2, 0.25) is 0 Å². The lowest BCUT2D eigenvalue weighted by atomic mass is 10.0. The predicted octanol–water partition coefficient (Wildman–Crippen LogP) is 0.498. The molecule has 1 aliphatic rings. The number of carboxylic acid groups (broad SMARTS) is 1. The number of likely N-dealkylation sites (tertiary alicyclic amines) is 1. The molecule has 1 aliphatic heterocycles. The van der Waals surface area contributed by atoms with Gasteiger partial charge in [-0.1, -0.05) is 6.07 Å². The Balaban J connectivity index is 2.30. The molecule has 1 aromatic rings. The maximum absolute atomic E-state index is 13.0. The topological polar surface area (TPSA) is 105 Å². The molecule has 0 saturated carbocycles. The summed E-state index contributed by atoms with van der Waals surface area (Å²) in [4.78, 5) is 27.8. The number of hydrogen-bond acceptors (Lipinski definition) is 5. The highest BCUT2D eigenvalue weighted by Crippen LogP contribution is 2.31. The van der Waals surface area contributed by atoms with E-state index >= 15 is 0 Å². The van der Waals surface area contributed by atoms with Crippen LogP contribution in [0.25, 0.3) is 0 Å². The van der Waals surface area contributed by atoms with E-state index < -0.39 is 46.2 Å². The van der Waals surface area contributed by atoms with Crippen molar-refractivity contribution in [3.05, 3.63) is 30.1 Å². The van der Waals surface area contributed by atoms with Gasteiger partial charge in [0.05, 0.1) is 12.5 Å². The first-order valence-corrected chi connectivity index (χ1v) is 7.58. The lowest BCUT2D eigenvalue weighted by Gasteiger charge is -2.26. The van der Waals surface area contributed by atoms with Crippen LogP contribution in [0.1, 0.15) is 24.4 Å². The zero-order valence-electron chi connectivity index (χ0n) is 10.8. The van der Waals surface area contributed by atoms with Crippen LogP contribution in [0, 0.1) is 0 Å². The highest BCUT2D eigenvalue weighted by atomic mass is 32.3. The zero-order chi connectivity index (χ0) is 15.6. The minimum atomic E-state index is -4.84. The van der Waals surface area contributed by atoms with Crippen LogP contribution >= 0.6 is 0 Å². The molecule has 114 valence electrons. The number of nitrogens with zero attached hydrogens (tertiary/aromatic N) is 2. The van der Waals surface area contributed by atoms with Gasteiger partial charge in [-0.2, -0.15) is 8.42 Å². The predicted molar refractivity (Wildman–Crippen MR) is 69.4 cm³/mol. The Hall–Kier alpha value is -2.03. The van der Waals surface area contributed by atoms with Gasteiger partial charge in [-0.05, 0) is 11.6 Å². The molecule has 1 saturated heterocycles. The Morgan fingerprint density at radius 2 is 2.29 bits per heavy atom. The average Bonchev–Trinajstić information content (AvgIpc) is 2.79. The Bertz CT molecular complexity index is 649. The van der Waals surface area contributed by atoms with E-state index in [0.29, 0.717) is 5.56 Å². The molecule has 2 unspecified atom stereocenters. The lowest BCUT2D eigenvalue weighted by Crippen LogP contribution is -2.33. The van der Waals surface area contributed by atoms with E-state index in [1.807, 2.05) is 0 Å². The summed E-state index contributed by atoms with van der Waals surface area (Å²) in [6.45, 7) is -0.357. The first kappa shape index (κ1) is 15.4. The highest BCUT2D eigenvalue weighted by Gasteiger charge is 2.42. The number of halogens is 1. The van der Waals surface area contributed by atoms with E-state index in [9.17, 15) is 21.9 Å². The Kier molecular flexibility index (Phi) is 4.21. The van der Waals surface area contributed by atoms with Crippen LogP contribution in [0.15, 0.2) is 24.5 Å². The van der Waals surface area contributed by atoms with Crippen LogP contribution in [-0.4, -0.2) is 47.1 Å². The molecule has 0 spiro atoms. The first-order valence-electron chi connectivity index (χ1n) is 6.13. The van der Waals surface area contributed by atoms with Gasteiger partial charge in [-0.25, -0.2) is 0 Å². The van der Waals surface area contributed by atoms with E-state index in [1.54, 1.807) is 12.1 Å². The van der Waals surface area contributed by atoms with E-state index in [1.165, 1.54) is 12.4 Å². The normalized spacial score (nSPS) is 20.5. The smallest absolute Gasteiger partial charge is 0.307 e. The van der Waals surface area contributed by atoms with Crippen molar-refractivity contribution in [1.82, 2.24) is 9.88 Å². The van der Waals surface area contributed by atoms with Crippen molar-refractivity contribution in [3.8, 4) is 0 Å². The van der Waals surface area contributed by atoms with Crippen LogP contribution in [0.3, 0.4) is 0 Å². The van der Waals surface area contributed by atoms with Gasteiger partial charge in [0.1, 0.15) is 5.25 Å². The van der Waals surface area contributed by atoms with Crippen LogP contribution in [0.5, 0.6) is 0 Å². The largest absolute Gasteiger partial charge is 0.481 e. The van der Waals surface area contributed by atoms with Crippen molar-refractivity contribution in [3.63, 3.8) is 0 Å². The Morgan fingerprint density at radius 1 is 1.57 bits per heavy atom. The molecule has 0 bridgehead atoms. The van der Waals surface area contributed by atoms with Gasteiger partial charge in [0.2, 0.25) is 5.91 Å². The van der Waals surface area contributed by atoms with Crippen molar-refractivity contribution >= 4 is 22.1 Å². The van der Waals surface area contributed by atoms with Crippen molar-refractivity contribution in [1.29, 1.82) is 0 Å². The number of carboxylic acids is 1. The maximum Gasteiger partial charge on any atom is 0.307 e. The number of aliphatic carboxylic acids is 1.